The second-order valence-electron chi connectivity index (χ2n) is 11.1. The summed E-state index contributed by atoms with van der Waals surface area (Å²) in [5.41, 5.74) is 7.93. The Labute approximate surface area is 260 Å². The Balaban J connectivity index is 0.000000646. The molecule has 2 aromatic rings. The van der Waals surface area contributed by atoms with E-state index in [1.807, 2.05) is 60.4 Å². The summed E-state index contributed by atoms with van der Waals surface area (Å²) in [5, 5.41) is 5.89. The van der Waals surface area contributed by atoms with Gasteiger partial charge in [0.25, 0.3) is 0 Å². The molecular weight excluding hydrogens is 566 g/mol. The van der Waals surface area contributed by atoms with Gasteiger partial charge in [0.2, 0.25) is 23.6 Å². The van der Waals surface area contributed by atoms with E-state index in [4.69, 9.17) is 10.5 Å². The van der Waals surface area contributed by atoms with Crippen molar-refractivity contribution in [1.29, 1.82) is 0 Å². The molecule has 4 amide bonds. The quantitative estimate of drug-likeness (QED) is 0.318. The molecule has 0 spiro atoms. The highest BCUT2D eigenvalue weighted by Crippen LogP contribution is 2.23. The molecule has 2 unspecified atom stereocenters. The molecule has 2 aliphatic rings. The van der Waals surface area contributed by atoms with Crippen LogP contribution in [0.4, 0.5) is 0 Å². The third-order valence-corrected chi connectivity index (χ3v) is 7.93. The third-order valence-electron chi connectivity index (χ3n) is 7.71. The lowest BCUT2D eigenvalue weighted by Gasteiger charge is -2.33. The molecule has 2 aliphatic heterocycles. The van der Waals surface area contributed by atoms with Gasteiger partial charge in [-0.05, 0) is 73.8 Å². The minimum Gasteiger partial charge on any atom is -0.494 e. The Morgan fingerprint density at radius 3 is 2.63 bits per heavy atom. The van der Waals surface area contributed by atoms with E-state index in [0.717, 1.165) is 48.2 Å². The van der Waals surface area contributed by atoms with Gasteiger partial charge in [0.1, 0.15) is 11.8 Å². The number of primary amides is 1. The molecule has 1 fully saturated rings. The molecule has 1 saturated heterocycles. The molecule has 2 atom stereocenters. The minimum absolute atomic E-state index is 0.00495. The molecule has 234 valence electrons. The lowest BCUT2D eigenvalue weighted by atomic mass is 9.95. The Bertz CT molecular complexity index is 1210. The number of carbonyl (C=O) groups is 4. The number of fused-ring (bicyclic) bond motifs is 4. The number of carbonyl (C=O) groups excluding carboxylic acids is 4. The standard InChI is InChI=1S/C29H37N3O4.C3H8N2OS/c1-21-9-11-25-18-24(21)19-30-29(35)26(12-10-22-6-3-2-4-7-22)31-27(33)13-14-28(34)32-16-5-8-23(20-32)15-17-36-25;4-3(6)1-2-5-7/h2-4,6-7,9,11,18,23,26H,5,8,10,12-17,19-20H2,1H3,(H,30,35)(H,31,33);5,7H,1-2H2,(H2,4,6). The van der Waals surface area contributed by atoms with Crippen LogP contribution in [0, 0.1) is 12.8 Å². The average Bonchev–Trinajstić information content (AvgIpc) is 3.01. The minimum atomic E-state index is -0.675. The van der Waals surface area contributed by atoms with Crippen molar-refractivity contribution in [1.82, 2.24) is 20.3 Å². The van der Waals surface area contributed by atoms with Crippen molar-refractivity contribution in [2.75, 3.05) is 26.2 Å². The van der Waals surface area contributed by atoms with Crippen LogP contribution < -0.4 is 25.8 Å². The van der Waals surface area contributed by atoms with Crippen LogP contribution in [-0.4, -0.2) is 60.8 Å². The molecule has 0 saturated carbocycles. The number of hydrogen-bond acceptors (Lipinski definition) is 7. The number of thiol groups is 1. The summed E-state index contributed by atoms with van der Waals surface area (Å²) >= 11 is 3.64. The molecule has 4 rings (SSSR count). The van der Waals surface area contributed by atoms with Crippen molar-refractivity contribution in [3.8, 4) is 5.75 Å². The number of nitrogens with zero attached hydrogens (tertiary/aromatic N) is 1. The van der Waals surface area contributed by atoms with Crippen LogP contribution in [0.2, 0.25) is 0 Å². The average molecular weight is 612 g/mol. The van der Waals surface area contributed by atoms with Gasteiger partial charge in [0, 0.05) is 45.4 Å². The topological polar surface area (TPSA) is 143 Å². The summed E-state index contributed by atoms with van der Waals surface area (Å²) < 4.78 is 8.53. The van der Waals surface area contributed by atoms with Gasteiger partial charge in [-0.25, -0.2) is 0 Å². The van der Waals surface area contributed by atoms with Gasteiger partial charge in [0.15, 0.2) is 0 Å². The van der Waals surface area contributed by atoms with Crippen molar-refractivity contribution in [3.05, 3.63) is 65.2 Å². The van der Waals surface area contributed by atoms with Gasteiger partial charge in [0.05, 0.1) is 6.61 Å². The normalized spacial score (nSPS) is 19.9. The molecule has 10 nitrogen and oxygen atoms in total. The summed E-state index contributed by atoms with van der Waals surface area (Å²) in [5.74, 6) is 0.395. The van der Waals surface area contributed by atoms with E-state index in [2.05, 4.69) is 28.2 Å². The van der Waals surface area contributed by atoms with Crippen molar-refractivity contribution in [2.24, 2.45) is 11.7 Å². The second-order valence-corrected chi connectivity index (χ2v) is 11.4. The Morgan fingerprint density at radius 2 is 1.91 bits per heavy atom. The zero-order chi connectivity index (χ0) is 31.0. The fourth-order valence-electron chi connectivity index (χ4n) is 5.15. The van der Waals surface area contributed by atoms with E-state index in [1.165, 1.54) is 0 Å². The van der Waals surface area contributed by atoms with Gasteiger partial charge in [-0.3, -0.25) is 23.9 Å². The number of hydrogen-bond donors (Lipinski definition) is 5. The van der Waals surface area contributed by atoms with Crippen LogP contribution in [0.3, 0.4) is 0 Å². The lowest BCUT2D eigenvalue weighted by Crippen LogP contribution is -2.47. The van der Waals surface area contributed by atoms with E-state index >= 15 is 0 Å². The van der Waals surface area contributed by atoms with Crippen LogP contribution in [0.5, 0.6) is 5.75 Å². The first kappa shape index (κ1) is 33.9. The van der Waals surface area contributed by atoms with Crippen LogP contribution in [0.25, 0.3) is 0 Å². The summed E-state index contributed by atoms with van der Waals surface area (Å²) in [6.07, 6.45) is 4.67. The van der Waals surface area contributed by atoms with Gasteiger partial charge in [-0.1, -0.05) is 49.2 Å². The first-order chi connectivity index (χ1) is 20.7. The van der Waals surface area contributed by atoms with E-state index in [-0.39, 0.29) is 36.5 Å². The maximum atomic E-state index is 13.2. The van der Waals surface area contributed by atoms with Crippen molar-refractivity contribution < 1.29 is 23.9 Å². The van der Waals surface area contributed by atoms with Gasteiger partial charge in [-0.2, -0.15) is 0 Å². The molecule has 0 radical (unpaired) electrons. The number of nitrogens with two attached hydrogens (primary N) is 1. The zero-order valence-electron chi connectivity index (χ0n) is 25.0. The fraction of sp³-hybridized carbons (Fsp3) is 0.500. The number of rotatable bonds is 6. The highest BCUT2D eigenvalue weighted by atomic mass is 32.1. The Kier molecular flexibility index (Phi) is 14.3. The van der Waals surface area contributed by atoms with E-state index in [1.54, 1.807) is 0 Å². The monoisotopic (exact) mass is 611 g/mol. The van der Waals surface area contributed by atoms with Crippen LogP contribution in [0.15, 0.2) is 48.5 Å². The smallest absolute Gasteiger partial charge is 0.242 e. The summed E-state index contributed by atoms with van der Waals surface area (Å²) in [6, 6.07) is 15.2. The molecule has 43 heavy (non-hydrogen) atoms. The van der Waals surface area contributed by atoms with E-state index in [0.29, 0.717) is 51.4 Å². The van der Waals surface area contributed by atoms with E-state index < -0.39 is 6.04 Å². The number of piperidine rings is 1. The highest BCUT2D eigenvalue weighted by Gasteiger charge is 2.25. The number of aryl methyl sites for hydroxylation is 2. The Hall–Kier alpha value is -3.57. The molecule has 2 aromatic carbocycles. The summed E-state index contributed by atoms with van der Waals surface area (Å²) in [6.45, 7) is 4.95. The second kappa shape index (κ2) is 18.2. The first-order valence-corrected chi connectivity index (χ1v) is 15.5. The Morgan fingerprint density at radius 1 is 1.12 bits per heavy atom. The molecule has 11 heteroatoms. The number of benzene rings is 2. The van der Waals surface area contributed by atoms with Crippen molar-refractivity contribution in [2.45, 2.75) is 70.9 Å². The number of amides is 4. The predicted octanol–water partition coefficient (Wildman–Crippen LogP) is 2.83. The van der Waals surface area contributed by atoms with E-state index in [9.17, 15) is 19.2 Å². The SMILES string of the molecule is Cc1ccc2cc1CNC(=O)C(CCc1ccccc1)NC(=O)CCC(=O)N1CCCC(CCO2)C1.NC(=O)CCNS. The fourth-order valence-corrected chi connectivity index (χ4v) is 5.26. The largest absolute Gasteiger partial charge is 0.494 e. The number of nitrogens with one attached hydrogen (secondary N) is 3. The van der Waals surface area contributed by atoms with Crippen LogP contribution >= 0.6 is 12.8 Å². The maximum absolute atomic E-state index is 13.2. The molecule has 5 N–H and O–H groups in total. The van der Waals surface area contributed by atoms with Crippen molar-refractivity contribution in [3.63, 3.8) is 0 Å². The molecule has 0 aliphatic carbocycles. The molecule has 2 heterocycles. The highest BCUT2D eigenvalue weighted by molar-refractivity contribution is 7.78. The van der Waals surface area contributed by atoms with Crippen LogP contribution in [0.1, 0.15) is 61.6 Å². The molecule has 0 aromatic heterocycles. The number of ether oxygens (including phenoxy) is 1. The lowest BCUT2D eigenvalue weighted by molar-refractivity contribution is -0.135. The van der Waals surface area contributed by atoms with Crippen molar-refractivity contribution >= 4 is 36.4 Å². The maximum Gasteiger partial charge on any atom is 0.242 e. The van der Waals surface area contributed by atoms with Crippen LogP contribution in [-0.2, 0) is 32.1 Å². The third kappa shape index (κ3) is 12.3. The summed E-state index contributed by atoms with van der Waals surface area (Å²) in [7, 11) is 0. The van der Waals surface area contributed by atoms with Gasteiger partial charge >= 0.3 is 0 Å². The first-order valence-electron chi connectivity index (χ1n) is 15.0. The zero-order valence-corrected chi connectivity index (χ0v) is 25.9. The van der Waals surface area contributed by atoms with Gasteiger partial charge in [-0.15, -0.1) is 0 Å². The van der Waals surface area contributed by atoms with Gasteiger partial charge < -0.3 is 26.0 Å². The summed E-state index contributed by atoms with van der Waals surface area (Å²) in [4.78, 5) is 50.5. The molecular formula is C32H45N5O5S. The predicted molar refractivity (Wildman–Crippen MR) is 169 cm³/mol. The molecule has 4 bridgehead atoms.